The number of amides is 1. The Morgan fingerprint density at radius 1 is 1.18 bits per heavy atom. The molecule has 3 aliphatic rings. The number of rotatable bonds is 2. The maximum Gasteiger partial charge on any atom is 0.257 e. The van der Waals surface area contributed by atoms with Gasteiger partial charge in [-0.3, -0.25) is 14.2 Å². The Morgan fingerprint density at radius 2 is 2.00 bits per heavy atom. The molecule has 0 aromatic carbocycles. The van der Waals surface area contributed by atoms with Crippen molar-refractivity contribution in [2.75, 3.05) is 18.8 Å². The summed E-state index contributed by atoms with van der Waals surface area (Å²) in [5.74, 6) is 0.996. The predicted molar refractivity (Wildman–Crippen MR) is 85.3 cm³/mol. The van der Waals surface area contributed by atoms with E-state index < -0.39 is 0 Å². The third-order valence-electron chi connectivity index (χ3n) is 4.99. The Morgan fingerprint density at radius 3 is 2.82 bits per heavy atom. The molecule has 22 heavy (non-hydrogen) atoms. The average molecular weight is 319 g/mol. The van der Waals surface area contributed by atoms with Gasteiger partial charge in [-0.05, 0) is 38.5 Å². The highest BCUT2D eigenvalue weighted by Gasteiger charge is 2.32. The molecule has 1 fully saturated rings. The SMILES string of the molecule is O=C(CC1CSc2nc3c(c(=O)n21)CCC3)N1CCCCC1. The Balaban J connectivity index is 1.57. The topological polar surface area (TPSA) is 55.2 Å². The molecule has 1 atom stereocenters. The maximum absolute atomic E-state index is 12.7. The highest BCUT2D eigenvalue weighted by atomic mass is 32.2. The molecule has 0 spiro atoms. The predicted octanol–water partition coefficient (Wildman–Crippen LogP) is 1.78. The molecule has 1 aromatic heterocycles. The minimum absolute atomic E-state index is 0.0136. The summed E-state index contributed by atoms with van der Waals surface area (Å²) in [4.78, 5) is 31.8. The van der Waals surface area contributed by atoms with Crippen LogP contribution in [0.2, 0.25) is 0 Å². The van der Waals surface area contributed by atoms with Crippen molar-refractivity contribution in [3.05, 3.63) is 21.6 Å². The molecule has 2 aliphatic heterocycles. The van der Waals surface area contributed by atoms with Crippen LogP contribution in [0.4, 0.5) is 0 Å². The van der Waals surface area contributed by atoms with Crippen molar-refractivity contribution in [3.63, 3.8) is 0 Å². The summed E-state index contributed by atoms with van der Waals surface area (Å²) in [7, 11) is 0. The van der Waals surface area contributed by atoms with Crippen molar-refractivity contribution < 1.29 is 4.79 Å². The zero-order valence-electron chi connectivity index (χ0n) is 12.7. The van der Waals surface area contributed by atoms with Crippen LogP contribution in [0.15, 0.2) is 9.95 Å². The zero-order chi connectivity index (χ0) is 15.1. The molecule has 3 heterocycles. The molecule has 1 amide bonds. The van der Waals surface area contributed by atoms with E-state index in [-0.39, 0.29) is 17.5 Å². The van der Waals surface area contributed by atoms with E-state index in [9.17, 15) is 9.59 Å². The first kappa shape index (κ1) is 14.3. The monoisotopic (exact) mass is 319 g/mol. The Bertz CT molecular complexity index is 664. The normalized spacial score (nSPS) is 23.5. The van der Waals surface area contributed by atoms with E-state index in [1.807, 2.05) is 4.90 Å². The molecule has 4 rings (SSSR count). The maximum atomic E-state index is 12.7. The molecule has 5 nitrogen and oxygen atoms in total. The van der Waals surface area contributed by atoms with Crippen molar-refractivity contribution >= 4 is 17.7 Å². The summed E-state index contributed by atoms with van der Waals surface area (Å²) in [6.07, 6.45) is 6.69. The molecule has 1 aromatic rings. The van der Waals surface area contributed by atoms with Crippen molar-refractivity contribution in [1.29, 1.82) is 0 Å². The molecule has 118 valence electrons. The molecule has 0 saturated carbocycles. The van der Waals surface area contributed by atoms with Crippen LogP contribution < -0.4 is 5.56 Å². The number of nitrogens with zero attached hydrogens (tertiary/aromatic N) is 3. The zero-order valence-corrected chi connectivity index (χ0v) is 13.5. The third kappa shape index (κ3) is 2.37. The van der Waals surface area contributed by atoms with Crippen LogP contribution in [-0.4, -0.2) is 39.2 Å². The number of thioether (sulfide) groups is 1. The van der Waals surface area contributed by atoms with Gasteiger partial charge in [0.2, 0.25) is 5.91 Å². The molecule has 0 N–H and O–H groups in total. The van der Waals surface area contributed by atoms with Crippen molar-refractivity contribution in [2.45, 2.75) is 56.1 Å². The van der Waals surface area contributed by atoms with Crippen LogP contribution >= 0.6 is 11.8 Å². The lowest BCUT2D eigenvalue weighted by Gasteiger charge is -2.28. The number of fused-ring (bicyclic) bond motifs is 2. The van der Waals surface area contributed by atoms with Gasteiger partial charge in [-0.1, -0.05) is 11.8 Å². The molecule has 1 unspecified atom stereocenters. The van der Waals surface area contributed by atoms with Gasteiger partial charge in [0.25, 0.3) is 5.56 Å². The van der Waals surface area contributed by atoms with Gasteiger partial charge in [-0.15, -0.1) is 0 Å². The van der Waals surface area contributed by atoms with Crippen LogP contribution in [0.1, 0.15) is 49.4 Å². The van der Waals surface area contributed by atoms with Gasteiger partial charge in [0.05, 0.1) is 11.7 Å². The van der Waals surface area contributed by atoms with Gasteiger partial charge in [0, 0.05) is 30.8 Å². The Hall–Kier alpha value is -1.30. The first-order valence-electron chi connectivity index (χ1n) is 8.29. The van der Waals surface area contributed by atoms with Gasteiger partial charge in [0.15, 0.2) is 5.16 Å². The lowest BCUT2D eigenvalue weighted by atomic mass is 10.1. The fraction of sp³-hybridized carbons (Fsp3) is 0.688. The summed E-state index contributed by atoms with van der Waals surface area (Å²) in [6, 6.07) is -0.0136. The first-order chi connectivity index (χ1) is 10.7. The molecular formula is C16H21N3O2S. The van der Waals surface area contributed by atoms with E-state index in [1.54, 1.807) is 16.3 Å². The van der Waals surface area contributed by atoms with E-state index in [2.05, 4.69) is 4.98 Å². The second kappa shape index (κ2) is 5.72. The second-order valence-corrected chi connectivity index (χ2v) is 7.45. The van der Waals surface area contributed by atoms with Gasteiger partial charge in [-0.2, -0.15) is 0 Å². The summed E-state index contributed by atoms with van der Waals surface area (Å²) in [6.45, 7) is 1.76. The van der Waals surface area contributed by atoms with Crippen molar-refractivity contribution in [2.24, 2.45) is 0 Å². The molecule has 1 aliphatic carbocycles. The van der Waals surface area contributed by atoms with Crippen LogP contribution in [0, 0.1) is 0 Å². The molecule has 1 saturated heterocycles. The van der Waals surface area contributed by atoms with E-state index in [0.717, 1.165) is 67.4 Å². The van der Waals surface area contributed by atoms with Gasteiger partial charge in [-0.25, -0.2) is 4.98 Å². The molecule has 0 radical (unpaired) electrons. The van der Waals surface area contributed by atoms with Crippen LogP contribution in [-0.2, 0) is 17.6 Å². The summed E-state index contributed by atoms with van der Waals surface area (Å²) in [5, 5.41) is 0.821. The Kier molecular flexibility index (Phi) is 3.72. The minimum Gasteiger partial charge on any atom is -0.343 e. The lowest BCUT2D eigenvalue weighted by molar-refractivity contribution is -0.132. The van der Waals surface area contributed by atoms with E-state index in [0.29, 0.717) is 6.42 Å². The smallest absolute Gasteiger partial charge is 0.257 e. The van der Waals surface area contributed by atoms with E-state index in [1.165, 1.54) is 6.42 Å². The summed E-state index contributed by atoms with van der Waals surface area (Å²) in [5.41, 5.74) is 1.99. The quantitative estimate of drug-likeness (QED) is 0.780. The number of hydrogen-bond donors (Lipinski definition) is 0. The standard InChI is InChI=1S/C16H21N3O2S/c20-14(18-7-2-1-3-8-18)9-11-10-22-16-17-13-6-4-5-12(13)15(21)19(11)16/h11H,1-10H2. The number of carbonyl (C=O) groups is 1. The molecule has 6 heteroatoms. The minimum atomic E-state index is -0.0136. The summed E-state index contributed by atoms with van der Waals surface area (Å²) < 4.78 is 1.80. The third-order valence-corrected chi connectivity index (χ3v) is 6.09. The fourth-order valence-electron chi connectivity index (χ4n) is 3.78. The Labute approximate surface area is 134 Å². The van der Waals surface area contributed by atoms with Gasteiger partial charge >= 0.3 is 0 Å². The second-order valence-electron chi connectivity index (χ2n) is 6.46. The number of piperidine rings is 1. The largest absolute Gasteiger partial charge is 0.343 e. The van der Waals surface area contributed by atoms with E-state index in [4.69, 9.17) is 0 Å². The van der Waals surface area contributed by atoms with Crippen LogP contribution in [0.3, 0.4) is 0 Å². The van der Waals surface area contributed by atoms with Gasteiger partial charge < -0.3 is 4.90 Å². The lowest BCUT2D eigenvalue weighted by Crippen LogP contribution is -2.38. The first-order valence-corrected chi connectivity index (χ1v) is 9.27. The van der Waals surface area contributed by atoms with E-state index >= 15 is 0 Å². The van der Waals surface area contributed by atoms with Crippen LogP contribution in [0.25, 0.3) is 0 Å². The van der Waals surface area contributed by atoms with Crippen molar-refractivity contribution in [3.8, 4) is 0 Å². The fourth-order valence-corrected chi connectivity index (χ4v) is 4.93. The summed E-state index contributed by atoms with van der Waals surface area (Å²) >= 11 is 1.63. The molecule has 0 bridgehead atoms. The number of likely N-dealkylation sites (tertiary alicyclic amines) is 1. The molecular weight excluding hydrogens is 298 g/mol. The highest BCUT2D eigenvalue weighted by molar-refractivity contribution is 7.99. The average Bonchev–Trinajstić information content (AvgIpc) is 3.16. The number of carbonyl (C=O) groups excluding carboxylic acids is 1. The number of aryl methyl sites for hydroxylation is 1. The van der Waals surface area contributed by atoms with Crippen molar-refractivity contribution in [1.82, 2.24) is 14.5 Å². The highest BCUT2D eigenvalue weighted by Crippen LogP contribution is 2.34. The van der Waals surface area contributed by atoms with Gasteiger partial charge in [0.1, 0.15) is 0 Å². The number of aromatic nitrogens is 2. The van der Waals surface area contributed by atoms with Crippen LogP contribution in [0.5, 0.6) is 0 Å². The number of hydrogen-bond acceptors (Lipinski definition) is 4.